The number of allylic oxidation sites excluding steroid dienone is 1. The number of methoxy groups -OCH3 is 1. The van der Waals surface area contributed by atoms with E-state index < -0.39 is 0 Å². The van der Waals surface area contributed by atoms with E-state index in [9.17, 15) is 4.79 Å². The van der Waals surface area contributed by atoms with E-state index in [0.29, 0.717) is 23.7 Å². The number of hydrogen-bond acceptors (Lipinski definition) is 4. The van der Waals surface area contributed by atoms with E-state index in [-0.39, 0.29) is 5.78 Å². The van der Waals surface area contributed by atoms with Gasteiger partial charge in [0.2, 0.25) is 0 Å². The molecule has 4 heteroatoms. The van der Waals surface area contributed by atoms with Crippen molar-refractivity contribution in [2.24, 2.45) is 0 Å². The fraction of sp³-hybridized carbons (Fsp3) is 0.174. The lowest BCUT2D eigenvalue weighted by molar-refractivity contribution is 0.104. The average molecular weight is 362 g/mol. The number of benzene rings is 2. The van der Waals surface area contributed by atoms with Gasteiger partial charge in [0.25, 0.3) is 0 Å². The van der Waals surface area contributed by atoms with Crippen LogP contribution in [0.15, 0.2) is 71.2 Å². The summed E-state index contributed by atoms with van der Waals surface area (Å²) < 4.78 is 16.5. The zero-order valence-corrected chi connectivity index (χ0v) is 15.5. The van der Waals surface area contributed by atoms with Crippen LogP contribution in [-0.2, 0) is 13.0 Å². The summed E-state index contributed by atoms with van der Waals surface area (Å²) in [6.45, 7) is 2.46. The van der Waals surface area contributed by atoms with Crippen molar-refractivity contribution in [2.45, 2.75) is 20.0 Å². The second kappa shape index (κ2) is 8.90. The lowest BCUT2D eigenvalue weighted by atomic mass is 10.1. The zero-order valence-electron chi connectivity index (χ0n) is 15.5. The van der Waals surface area contributed by atoms with Crippen LogP contribution in [0, 0.1) is 0 Å². The Morgan fingerprint density at radius 3 is 2.33 bits per heavy atom. The number of ether oxygens (including phenoxy) is 2. The van der Waals surface area contributed by atoms with E-state index in [1.54, 1.807) is 37.5 Å². The topological polar surface area (TPSA) is 48.7 Å². The van der Waals surface area contributed by atoms with Crippen molar-refractivity contribution >= 4 is 11.9 Å². The molecule has 3 rings (SSSR count). The minimum absolute atomic E-state index is 0.0946. The molecule has 138 valence electrons. The standard InChI is InChI=1S/C23H22O4/c1-3-17-4-8-20(9-5-17)26-16-22-13-12-21(27-22)14-15-23(24)18-6-10-19(25-2)11-7-18/h4-15H,3,16H2,1-2H3/b15-14+. The molecule has 3 aromatic rings. The molecule has 0 spiro atoms. The Labute approximate surface area is 159 Å². The summed E-state index contributed by atoms with van der Waals surface area (Å²) in [6.07, 6.45) is 4.16. The molecule has 1 heterocycles. The van der Waals surface area contributed by atoms with E-state index >= 15 is 0 Å². The number of rotatable bonds is 8. The van der Waals surface area contributed by atoms with E-state index in [2.05, 4.69) is 19.1 Å². The lowest BCUT2D eigenvalue weighted by Crippen LogP contribution is -1.94. The maximum Gasteiger partial charge on any atom is 0.185 e. The molecule has 0 amide bonds. The van der Waals surface area contributed by atoms with Gasteiger partial charge < -0.3 is 13.9 Å². The van der Waals surface area contributed by atoms with Crippen molar-refractivity contribution in [3.05, 3.63) is 89.4 Å². The summed E-state index contributed by atoms with van der Waals surface area (Å²) in [5.41, 5.74) is 1.87. The first-order valence-corrected chi connectivity index (χ1v) is 8.85. The van der Waals surface area contributed by atoms with E-state index in [4.69, 9.17) is 13.9 Å². The molecule has 4 nitrogen and oxygen atoms in total. The first-order chi connectivity index (χ1) is 13.2. The maximum absolute atomic E-state index is 12.2. The van der Waals surface area contributed by atoms with Gasteiger partial charge in [-0.3, -0.25) is 4.79 Å². The highest BCUT2D eigenvalue weighted by molar-refractivity contribution is 6.06. The molecule has 0 saturated heterocycles. The molecule has 0 saturated carbocycles. The number of aryl methyl sites for hydroxylation is 1. The van der Waals surface area contributed by atoms with Crippen LogP contribution in [0.3, 0.4) is 0 Å². The second-order valence-corrected chi connectivity index (χ2v) is 6.02. The smallest absolute Gasteiger partial charge is 0.185 e. The molecule has 0 fully saturated rings. The molecule has 0 aliphatic rings. The number of carbonyl (C=O) groups excluding carboxylic acids is 1. The highest BCUT2D eigenvalue weighted by Crippen LogP contribution is 2.17. The van der Waals surface area contributed by atoms with Gasteiger partial charge in [-0.05, 0) is 72.7 Å². The van der Waals surface area contributed by atoms with Gasteiger partial charge in [0, 0.05) is 5.56 Å². The molecule has 0 unspecified atom stereocenters. The number of hydrogen-bond donors (Lipinski definition) is 0. The van der Waals surface area contributed by atoms with E-state index in [1.165, 1.54) is 11.6 Å². The predicted molar refractivity (Wildman–Crippen MR) is 105 cm³/mol. The summed E-state index contributed by atoms with van der Waals surface area (Å²) in [4.78, 5) is 12.2. The van der Waals surface area contributed by atoms with Gasteiger partial charge in [0.1, 0.15) is 29.6 Å². The Kier molecular flexibility index (Phi) is 6.10. The predicted octanol–water partition coefficient (Wildman–Crippen LogP) is 5.33. The number of carbonyl (C=O) groups is 1. The largest absolute Gasteiger partial charge is 0.497 e. The van der Waals surface area contributed by atoms with Crippen molar-refractivity contribution in [3.63, 3.8) is 0 Å². The molecule has 0 radical (unpaired) electrons. The fourth-order valence-corrected chi connectivity index (χ4v) is 2.55. The summed E-state index contributed by atoms with van der Waals surface area (Å²) >= 11 is 0. The molecule has 0 bridgehead atoms. The van der Waals surface area contributed by atoms with Gasteiger partial charge in [-0.1, -0.05) is 19.1 Å². The number of furan rings is 1. The van der Waals surface area contributed by atoms with Crippen molar-refractivity contribution in [1.82, 2.24) is 0 Å². The van der Waals surface area contributed by atoms with Crippen molar-refractivity contribution < 1.29 is 18.7 Å². The molecule has 0 N–H and O–H groups in total. The summed E-state index contributed by atoms with van der Waals surface area (Å²) in [6, 6.07) is 18.7. The van der Waals surface area contributed by atoms with Crippen molar-refractivity contribution in [3.8, 4) is 11.5 Å². The first-order valence-electron chi connectivity index (χ1n) is 8.85. The van der Waals surface area contributed by atoms with Crippen LogP contribution in [0.5, 0.6) is 11.5 Å². The minimum Gasteiger partial charge on any atom is -0.497 e. The Hall–Kier alpha value is -3.27. The summed E-state index contributed by atoms with van der Waals surface area (Å²) in [5.74, 6) is 2.73. The van der Waals surface area contributed by atoms with Crippen molar-refractivity contribution in [2.75, 3.05) is 7.11 Å². The second-order valence-electron chi connectivity index (χ2n) is 6.02. The van der Waals surface area contributed by atoms with Crippen molar-refractivity contribution in [1.29, 1.82) is 0 Å². The van der Waals surface area contributed by atoms with Gasteiger partial charge in [0.15, 0.2) is 5.78 Å². The van der Waals surface area contributed by atoms with Gasteiger partial charge in [-0.25, -0.2) is 0 Å². The molecule has 27 heavy (non-hydrogen) atoms. The first kappa shape index (κ1) is 18.5. The van der Waals surface area contributed by atoms with E-state index in [1.807, 2.05) is 24.3 Å². The molecular weight excluding hydrogens is 340 g/mol. The summed E-state index contributed by atoms with van der Waals surface area (Å²) in [7, 11) is 1.59. The molecule has 0 aliphatic carbocycles. The molecule has 2 aromatic carbocycles. The lowest BCUT2D eigenvalue weighted by Gasteiger charge is -2.04. The third-order valence-corrected chi connectivity index (χ3v) is 4.17. The average Bonchev–Trinajstić information content (AvgIpc) is 3.19. The van der Waals surface area contributed by atoms with Gasteiger partial charge in [-0.15, -0.1) is 0 Å². The third kappa shape index (κ3) is 5.11. The SMILES string of the molecule is CCc1ccc(OCc2ccc(/C=C/C(=O)c3ccc(OC)cc3)o2)cc1. The Balaban J connectivity index is 1.56. The van der Waals surface area contributed by atoms with Crippen LogP contribution in [0.25, 0.3) is 6.08 Å². The highest BCUT2D eigenvalue weighted by atomic mass is 16.5. The molecule has 1 aromatic heterocycles. The number of ketones is 1. The Bertz CT molecular complexity index is 902. The summed E-state index contributed by atoms with van der Waals surface area (Å²) in [5, 5.41) is 0. The van der Waals surface area contributed by atoms with E-state index in [0.717, 1.165) is 17.9 Å². The maximum atomic E-state index is 12.2. The van der Waals surface area contributed by atoms with Crippen LogP contribution in [0.1, 0.15) is 34.4 Å². The molecule has 0 aliphatic heterocycles. The zero-order chi connectivity index (χ0) is 19.1. The quantitative estimate of drug-likeness (QED) is 0.402. The third-order valence-electron chi connectivity index (χ3n) is 4.17. The molecule has 0 atom stereocenters. The normalized spacial score (nSPS) is 10.9. The highest BCUT2D eigenvalue weighted by Gasteiger charge is 2.04. The van der Waals surface area contributed by atoms with Gasteiger partial charge in [0.05, 0.1) is 7.11 Å². The molecular formula is C23H22O4. The van der Waals surface area contributed by atoms with Crippen LogP contribution >= 0.6 is 0 Å². The Morgan fingerprint density at radius 2 is 1.67 bits per heavy atom. The van der Waals surface area contributed by atoms with Gasteiger partial charge in [-0.2, -0.15) is 0 Å². The fourth-order valence-electron chi connectivity index (χ4n) is 2.55. The monoisotopic (exact) mass is 362 g/mol. The van der Waals surface area contributed by atoms with Crippen LogP contribution in [0.2, 0.25) is 0 Å². The minimum atomic E-state index is -0.0946. The Morgan fingerprint density at radius 1 is 0.963 bits per heavy atom. The van der Waals surface area contributed by atoms with Crippen LogP contribution < -0.4 is 9.47 Å². The van der Waals surface area contributed by atoms with Crippen LogP contribution in [0.4, 0.5) is 0 Å². The van der Waals surface area contributed by atoms with Gasteiger partial charge >= 0.3 is 0 Å². The van der Waals surface area contributed by atoms with Crippen LogP contribution in [-0.4, -0.2) is 12.9 Å².